The molecule has 0 saturated carbocycles. The first-order chi connectivity index (χ1) is 13.8. The van der Waals surface area contributed by atoms with E-state index >= 15 is 0 Å². The number of benzene rings is 2. The Bertz CT molecular complexity index is 827. The number of ether oxygens (including phenoxy) is 1. The quantitative estimate of drug-likeness (QED) is 0.619. The van der Waals surface area contributed by atoms with E-state index in [1.54, 1.807) is 37.3 Å². The predicted molar refractivity (Wildman–Crippen MR) is 116 cm³/mol. The molecule has 2 rings (SSSR count). The topological polar surface area (TPSA) is 58.6 Å². The summed E-state index contributed by atoms with van der Waals surface area (Å²) in [6.07, 6.45) is 0.802. The maximum absolute atomic E-state index is 13.0. The van der Waals surface area contributed by atoms with Crippen LogP contribution in [0.3, 0.4) is 0 Å². The lowest BCUT2D eigenvalue weighted by molar-refractivity contribution is -0.142. The highest BCUT2D eigenvalue weighted by Gasteiger charge is 2.27. The molecule has 0 unspecified atom stereocenters. The third-order valence-electron chi connectivity index (χ3n) is 4.64. The van der Waals surface area contributed by atoms with Crippen molar-refractivity contribution in [3.63, 3.8) is 0 Å². The zero-order valence-corrected chi connectivity index (χ0v) is 18.3. The standard InChI is InChI=1S/C22H26Cl2N2O3/c1-4-15(2)25-22(28)16(3)26(13-17-7-5-6-8-20(17)24)21(27)14-29-19-11-9-18(23)10-12-19/h5-12,15-16H,4,13-14H2,1-3H3,(H,25,28)/t15-,16-/m0/s1. The first-order valence-electron chi connectivity index (χ1n) is 9.53. The Morgan fingerprint density at radius 1 is 1.07 bits per heavy atom. The van der Waals surface area contributed by atoms with Gasteiger partial charge in [0.2, 0.25) is 5.91 Å². The van der Waals surface area contributed by atoms with Gasteiger partial charge in [0.15, 0.2) is 6.61 Å². The van der Waals surface area contributed by atoms with Crippen LogP contribution in [0.25, 0.3) is 0 Å². The van der Waals surface area contributed by atoms with Gasteiger partial charge in [0, 0.05) is 22.6 Å². The zero-order valence-electron chi connectivity index (χ0n) is 16.8. The van der Waals surface area contributed by atoms with E-state index in [4.69, 9.17) is 27.9 Å². The molecule has 5 nitrogen and oxygen atoms in total. The van der Waals surface area contributed by atoms with Crippen molar-refractivity contribution >= 4 is 35.0 Å². The van der Waals surface area contributed by atoms with Crippen molar-refractivity contribution < 1.29 is 14.3 Å². The highest BCUT2D eigenvalue weighted by molar-refractivity contribution is 6.31. The molecule has 2 aromatic rings. The SMILES string of the molecule is CC[C@H](C)NC(=O)[C@H](C)N(Cc1ccccc1Cl)C(=O)COc1ccc(Cl)cc1. The second-order valence-corrected chi connectivity index (χ2v) is 7.69. The third kappa shape index (κ3) is 6.94. The van der Waals surface area contributed by atoms with Gasteiger partial charge in [-0.15, -0.1) is 0 Å². The van der Waals surface area contributed by atoms with Crippen LogP contribution in [-0.2, 0) is 16.1 Å². The summed E-state index contributed by atoms with van der Waals surface area (Å²) in [4.78, 5) is 27.1. The highest BCUT2D eigenvalue weighted by atomic mass is 35.5. The number of hydrogen-bond acceptors (Lipinski definition) is 3. The fourth-order valence-electron chi connectivity index (χ4n) is 2.62. The Hall–Kier alpha value is -2.24. The van der Waals surface area contributed by atoms with Crippen molar-refractivity contribution in [2.45, 2.75) is 45.8 Å². The summed E-state index contributed by atoms with van der Waals surface area (Å²) in [5.74, 6) is -0.00456. The number of nitrogens with zero attached hydrogens (tertiary/aromatic N) is 1. The van der Waals surface area contributed by atoms with E-state index in [9.17, 15) is 9.59 Å². The van der Waals surface area contributed by atoms with E-state index in [0.717, 1.165) is 12.0 Å². The summed E-state index contributed by atoms with van der Waals surface area (Å²) in [5.41, 5.74) is 0.761. The summed E-state index contributed by atoms with van der Waals surface area (Å²) >= 11 is 12.1. The molecule has 0 fully saturated rings. The van der Waals surface area contributed by atoms with Crippen molar-refractivity contribution in [1.82, 2.24) is 10.2 Å². The first kappa shape index (κ1) is 23.0. The monoisotopic (exact) mass is 436 g/mol. The Kier molecular flexibility index (Phi) is 8.80. The Morgan fingerprint density at radius 3 is 2.34 bits per heavy atom. The molecule has 0 bridgehead atoms. The number of carbonyl (C=O) groups excluding carboxylic acids is 2. The number of carbonyl (C=O) groups is 2. The molecule has 0 aliphatic carbocycles. The minimum Gasteiger partial charge on any atom is -0.484 e. The first-order valence-corrected chi connectivity index (χ1v) is 10.3. The number of amides is 2. The average molecular weight is 437 g/mol. The molecular weight excluding hydrogens is 411 g/mol. The molecule has 0 heterocycles. The van der Waals surface area contributed by atoms with Gasteiger partial charge < -0.3 is 15.0 Å². The molecule has 1 N–H and O–H groups in total. The van der Waals surface area contributed by atoms with E-state index in [0.29, 0.717) is 15.8 Å². The van der Waals surface area contributed by atoms with E-state index in [1.807, 2.05) is 32.0 Å². The molecule has 0 saturated heterocycles. The lowest BCUT2D eigenvalue weighted by Gasteiger charge is -2.30. The van der Waals surface area contributed by atoms with Crippen molar-refractivity contribution in [2.75, 3.05) is 6.61 Å². The lowest BCUT2D eigenvalue weighted by atomic mass is 10.1. The maximum atomic E-state index is 13.0. The van der Waals surface area contributed by atoms with Crippen LogP contribution in [0.1, 0.15) is 32.8 Å². The Morgan fingerprint density at radius 2 is 1.72 bits per heavy atom. The molecule has 2 amide bonds. The van der Waals surface area contributed by atoms with Gasteiger partial charge in [-0.25, -0.2) is 0 Å². The van der Waals surface area contributed by atoms with Crippen LogP contribution in [0.2, 0.25) is 10.0 Å². The van der Waals surface area contributed by atoms with Crippen molar-refractivity contribution in [2.24, 2.45) is 0 Å². The van der Waals surface area contributed by atoms with Gasteiger partial charge in [0.1, 0.15) is 11.8 Å². The molecule has 0 aromatic heterocycles. The molecule has 0 aliphatic heterocycles. The molecule has 2 aromatic carbocycles. The van der Waals surface area contributed by atoms with Crippen LogP contribution in [0.5, 0.6) is 5.75 Å². The molecule has 7 heteroatoms. The summed E-state index contributed by atoms with van der Waals surface area (Å²) < 4.78 is 5.59. The number of hydrogen-bond donors (Lipinski definition) is 1. The van der Waals surface area contributed by atoms with Crippen molar-refractivity contribution in [3.05, 3.63) is 64.1 Å². The van der Waals surface area contributed by atoms with Gasteiger partial charge in [0.05, 0.1) is 0 Å². The fraction of sp³-hybridized carbons (Fsp3) is 0.364. The van der Waals surface area contributed by atoms with Gasteiger partial charge in [-0.3, -0.25) is 9.59 Å². The third-order valence-corrected chi connectivity index (χ3v) is 5.26. The number of halogens is 2. The number of rotatable bonds is 9. The molecule has 2 atom stereocenters. The summed E-state index contributed by atoms with van der Waals surface area (Å²) in [7, 11) is 0. The summed E-state index contributed by atoms with van der Waals surface area (Å²) in [6.45, 7) is 5.62. The fourth-order valence-corrected chi connectivity index (χ4v) is 2.94. The molecule has 0 radical (unpaired) electrons. The molecular formula is C22H26Cl2N2O3. The molecule has 0 spiro atoms. The van der Waals surface area contributed by atoms with Crippen molar-refractivity contribution in [3.8, 4) is 5.75 Å². The molecule has 29 heavy (non-hydrogen) atoms. The van der Waals surface area contributed by atoms with Crippen molar-refractivity contribution in [1.29, 1.82) is 0 Å². The highest BCUT2D eigenvalue weighted by Crippen LogP contribution is 2.20. The maximum Gasteiger partial charge on any atom is 0.261 e. The second-order valence-electron chi connectivity index (χ2n) is 6.85. The van der Waals surface area contributed by atoms with E-state index in [2.05, 4.69) is 5.32 Å². The van der Waals surface area contributed by atoms with E-state index < -0.39 is 6.04 Å². The summed E-state index contributed by atoms with van der Waals surface area (Å²) in [5, 5.41) is 4.05. The van der Waals surface area contributed by atoms with Gasteiger partial charge >= 0.3 is 0 Å². The summed E-state index contributed by atoms with van der Waals surface area (Å²) in [6, 6.07) is 13.3. The van der Waals surface area contributed by atoms with Gasteiger partial charge in [-0.2, -0.15) is 0 Å². The Balaban J connectivity index is 2.15. The van der Waals surface area contributed by atoms with Crippen LogP contribution in [-0.4, -0.2) is 35.4 Å². The predicted octanol–water partition coefficient (Wildman–Crippen LogP) is 4.70. The van der Waals surface area contributed by atoms with Crippen LogP contribution in [0.15, 0.2) is 48.5 Å². The number of nitrogens with one attached hydrogen (secondary N) is 1. The second kappa shape index (κ2) is 11.1. The Labute approximate surface area is 181 Å². The van der Waals surface area contributed by atoms with E-state index in [1.165, 1.54) is 4.90 Å². The average Bonchev–Trinajstić information content (AvgIpc) is 2.71. The van der Waals surface area contributed by atoms with Gasteiger partial charge in [-0.1, -0.05) is 48.3 Å². The van der Waals surface area contributed by atoms with Crippen LogP contribution in [0, 0.1) is 0 Å². The van der Waals surface area contributed by atoms with Gasteiger partial charge in [-0.05, 0) is 56.2 Å². The lowest BCUT2D eigenvalue weighted by Crippen LogP contribution is -2.50. The zero-order chi connectivity index (χ0) is 21.4. The molecule has 156 valence electrons. The van der Waals surface area contributed by atoms with Crippen LogP contribution < -0.4 is 10.1 Å². The smallest absolute Gasteiger partial charge is 0.261 e. The van der Waals surface area contributed by atoms with E-state index in [-0.39, 0.29) is 31.0 Å². The minimum atomic E-state index is -0.679. The normalized spacial score (nSPS) is 12.7. The largest absolute Gasteiger partial charge is 0.484 e. The molecule has 0 aliphatic rings. The van der Waals surface area contributed by atoms with Gasteiger partial charge in [0.25, 0.3) is 5.91 Å². The van der Waals surface area contributed by atoms with Crippen LogP contribution >= 0.6 is 23.2 Å². The van der Waals surface area contributed by atoms with Crippen LogP contribution in [0.4, 0.5) is 0 Å². The minimum absolute atomic E-state index is 0.0209.